The van der Waals surface area contributed by atoms with E-state index < -0.39 is 0 Å². The number of nitrogen functional groups attached to an aromatic ring is 1. The van der Waals surface area contributed by atoms with Gasteiger partial charge in [0.1, 0.15) is 11.6 Å². The normalized spacial score (nSPS) is 13.8. The van der Waals surface area contributed by atoms with E-state index >= 15 is 0 Å². The first-order chi connectivity index (χ1) is 11.2. The third-order valence-electron chi connectivity index (χ3n) is 4.11. The summed E-state index contributed by atoms with van der Waals surface area (Å²) in [4.78, 5) is 13.1. The minimum absolute atomic E-state index is 0.235. The molecule has 0 fully saturated rings. The number of hydrogen-bond donors (Lipinski definition) is 1. The summed E-state index contributed by atoms with van der Waals surface area (Å²) in [5, 5.41) is 0. The zero-order valence-corrected chi connectivity index (χ0v) is 12.5. The van der Waals surface area contributed by atoms with Gasteiger partial charge in [0.15, 0.2) is 0 Å². The first kappa shape index (κ1) is 13.9. The molecule has 5 nitrogen and oxygen atoms in total. The number of imidazole rings is 1. The first-order valence-corrected chi connectivity index (χ1v) is 7.66. The zero-order valence-electron chi connectivity index (χ0n) is 12.5. The summed E-state index contributed by atoms with van der Waals surface area (Å²) < 4.78 is 15.4. The SMILES string of the molecule is Nc1nccc(-c2c(-c3ccc(F)cc3)nc3n2CCCC3)n1. The molecule has 3 heterocycles. The van der Waals surface area contributed by atoms with Gasteiger partial charge >= 0.3 is 0 Å². The summed E-state index contributed by atoms with van der Waals surface area (Å²) in [6.45, 7) is 0.906. The van der Waals surface area contributed by atoms with Crippen molar-refractivity contribution in [2.75, 3.05) is 5.73 Å². The highest BCUT2D eigenvalue weighted by molar-refractivity contribution is 5.77. The lowest BCUT2D eigenvalue weighted by Crippen LogP contribution is -2.12. The number of rotatable bonds is 2. The van der Waals surface area contributed by atoms with E-state index in [2.05, 4.69) is 14.5 Å². The Bertz CT molecular complexity index is 854. The quantitative estimate of drug-likeness (QED) is 0.790. The number of halogens is 1. The van der Waals surface area contributed by atoms with Crippen LogP contribution in [0.5, 0.6) is 0 Å². The maximum atomic E-state index is 13.2. The molecule has 0 atom stereocenters. The average molecular weight is 309 g/mol. The molecule has 0 saturated carbocycles. The number of aryl methyl sites for hydroxylation is 1. The van der Waals surface area contributed by atoms with E-state index in [1.165, 1.54) is 12.1 Å². The first-order valence-electron chi connectivity index (χ1n) is 7.66. The topological polar surface area (TPSA) is 69.6 Å². The number of benzene rings is 1. The summed E-state index contributed by atoms with van der Waals surface area (Å²) in [6.07, 6.45) is 4.83. The predicted octanol–water partition coefficient (Wildman–Crippen LogP) is 3.06. The van der Waals surface area contributed by atoms with Gasteiger partial charge in [0.05, 0.1) is 17.1 Å². The van der Waals surface area contributed by atoms with Crippen LogP contribution in [0, 0.1) is 5.82 Å². The number of anilines is 1. The van der Waals surface area contributed by atoms with Gasteiger partial charge in [-0.1, -0.05) is 0 Å². The van der Waals surface area contributed by atoms with Crippen molar-refractivity contribution in [2.24, 2.45) is 0 Å². The Balaban J connectivity index is 1.95. The van der Waals surface area contributed by atoms with Crippen molar-refractivity contribution in [1.29, 1.82) is 0 Å². The lowest BCUT2D eigenvalue weighted by Gasteiger charge is -2.16. The van der Waals surface area contributed by atoms with Crippen molar-refractivity contribution in [3.63, 3.8) is 0 Å². The molecule has 0 spiro atoms. The van der Waals surface area contributed by atoms with Crippen molar-refractivity contribution in [3.8, 4) is 22.6 Å². The van der Waals surface area contributed by atoms with Crippen LogP contribution in [-0.2, 0) is 13.0 Å². The Kier molecular flexibility index (Phi) is 3.29. The number of nitrogens with zero attached hydrogens (tertiary/aromatic N) is 4. The maximum absolute atomic E-state index is 13.2. The zero-order chi connectivity index (χ0) is 15.8. The highest BCUT2D eigenvalue weighted by atomic mass is 19.1. The van der Waals surface area contributed by atoms with Crippen LogP contribution in [0.4, 0.5) is 10.3 Å². The number of hydrogen-bond acceptors (Lipinski definition) is 4. The molecule has 116 valence electrons. The summed E-state index contributed by atoms with van der Waals surface area (Å²) in [6, 6.07) is 8.23. The van der Waals surface area contributed by atoms with Crippen LogP contribution in [-0.4, -0.2) is 19.5 Å². The summed E-state index contributed by atoms with van der Waals surface area (Å²) >= 11 is 0. The van der Waals surface area contributed by atoms with Crippen molar-refractivity contribution in [2.45, 2.75) is 25.8 Å². The second-order valence-electron chi connectivity index (χ2n) is 5.64. The minimum Gasteiger partial charge on any atom is -0.368 e. The number of nitrogens with two attached hydrogens (primary N) is 1. The molecule has 0 radical (unpaired) electrons. The molecule has 1 aromatic carbocycles. The van der Waals surface area contributed by atoms with Crippen molar-refractivity contribution >= 4 is 5.95 Å². The molecule has 0 bridgehead atoms. The van der Waals surface area contributed by atoms with Crippen LogP contribution < -0.4 is 5.73 Å². The Labute approximate surface area is 133 Å². The molecular formula is C17H16FN5. The number of aromatic nitrogens is 4. The van der Waals surface area contributed by atoms with Gasteiger partial charge < -0.3 is 10.3 Å². The Morgan fingerprint density at radius 2 is 1.87 bits per heavy atom. The van der Waals surface area contributed by atoms with E-state index in [1.807, 2.05) is 6.07 Å². The largest absolute Gasteiger partial charge is 0.368 e. The lowest BCUT2D eigenvalue weighted by molar-refractivity contribution is 0.525. The highest BCUT2D eigenvalue weighted by Crippen LogP contribution is 2.34. The van der Waals surface area contributed by atoms with Gasteiger partial charge in [-0.05, 0) is 43.2 Å². The summed E-state index contributed by atoms with van der Waals surface area (Å²) in [5.74, 6) is 1.02. The van der Waals surface area contributed by atoms with Crippen LogP contribution in [0.3, 0.4) is 0 Å². The van der Waals surface area contributed by atoms with Gasteiger partial charge in [0.25, 0.3) is 0 Å². The summed E-state index contributed by atoms with van der Waals surface area (Å²) in [5.41, 5.74) is 9.12. The molecule has 0 saturated heterocycles. The minimum atomic E-state index is -0.259. The monoisotopic (exact) mass is 309 g/mol. The van der Waals surface area contributed by atoms with Crippen LogP contribution in [0.2, 0.25) is 0 Å². The second-order valence-corrected chi connectivity index (χ2v) is 5.64. The van der Waals surface area contributed by atoms with Gasteiger partial charge in [-0.3, -0.25) is 0 Å². The molecule has 0 aliphatic carbocycles. The summed E-state index contributed by atoms with van der Waals surface area (Å²) in [7, 11) is 0. The van der Waals surface area contributed by atoms with E-state index in [0.717, 1.165) is 54.3 Å². The molecule has 23 heavy (non-hydrogen) atoms. The molecule has 2 N–H and O–H groups in total. The van der Waals surface area contributed by atoms with Gasteiger partial charge in [-0.15, -0.1) is 0 Å². The molecule has 3 aromatic rings. The predicted molar refractivity (Wildman–Crippen MR) is 86.0 cm³/mol. The standard InChI is InChI=1S/C17H16FN5/c18-12-6-4-11(5-7-12)15-16(13-8-9-20-17(19)21-13)23-10-2-1-3-14(23)22-15/h4-9H,1-3,10H2,(H2,19,20,21). The van der Waals surface area contributed by atoms with Crippen LogP contribution >= 0.6 is 0 Å². The van der Waals surface area contributed by atoms with Crippen molar-refractivity contribution in [3.05, 3.63) is 48.2 Å². The second kappa shape index (κ2) is 5.46. The lowest BCUT2D eigenvalue weighted by atomic mass is 10.1. The van der Waals surface area contributed by atoms with Gasteiger partial charge in [-0.25, -0.2) is 19.3 Å². The molecule has 0 amide bonds. The van der Waals surface area contributed by atoms with Crippen LogP contribution in [0.15, 0.2) is 36.5 Å². The van der Waals surface area contributed by atoms with Gasteiger partial charge in [0, 0.05) is 24.7 Å². The fraction of sp³-hybridized carbons (Fsp3) is 0.235. The third kappa shape index (κ3) is 2.46. The van der Waals surface area contributed by atoms with E-state index in [-0.39, 0.29) is 11.8 Å². The average Bonchev–Trinajstić information content (AvgIpc) is 2.95. The fourth-order valence-corrected chi connectivity index (χ4v) is 3.06. The Morgan fingerprint density at radius 1 is 1.04 bits per heavy atom. The number of fused-ring (bicyclic) bond motifs is 1. The molecule has 2 aromatic heterocycles. The van der Waals surface area contributed by atoms with Crippen molar-refractivity contribution in [1.82, 2.24) is 19.5 Å². The molecule has 1 aliphatic heterocycles. The van der Waals surface area contributed by atoms with E-state index in [9.17, 15) is 4.39 Å². The van der Waals surface area contributed by atoms with Crippen LogP contribution in [0.25, 0.3) is 22.6 Å². The van der Waals surface area contributed by atoms with E-state index in [1.54, 1.807) is 18.3 Å². The molecular weight excluding hydrogens is 293 g/mol. The van der Waals surface area contributed by atoms with E-state index in [0.29, 0.717) is 0 Å². The Morgan fingerprint density at radius 3 is 2.65 bits per heavy atom. The van der Waals surface area contributed by atoms with Crippen molar-refractivity contribution < 1.29 is 4.39 Å². The molecule has 6 heteroatoms. The van der Waals surface area contributed by atoms with E-state index in [4.69, 9.17) is 10.7 Å². The molecule has 0 unspecified atom stereocenters. The fourth-order valence-electron chi connectivity index (χ4n) is 3.06. The third-order valence-corrected chi connectivity index (χ3v) is 4.11. The molecule has 1 aliphatic rings. The maximum Gasteiger partial charge on any atom is 0.220 e. The Hall–Kier alpha value is -2.76. The smallest absolute Gasteiger partial charge is 0.220 e. The van der Waals surface area contributed by atoms with Gasteiger partial charge in [0.2, 0.25) is 5.95 Å². The molecule has 4 rings (SSSR count). The highest BCUT2D eigenvalue weighted by Gasteiger charge is 2.23. The van der Waals surface area contributed by atoms with Gasteiger partial charge in [-0.2, -0.15) is 0 Å². The van der Waals surface area contributed by atoms with Crippen LogP contribution in [0.1, 0.15) is 18.7 Å².